The van der Waals surface area contributed by atoms with Gasteiger partial charge in [-0.15, -0.1) is 0 Å². The highest BCUT2D eigenvalue weighted by Gasteiger charge is 2.33. The zero-order valence-corrected chi connectivity index (χ0v) is 10.3. The van der Waals surface area contributed by atoms with Crippen LogP contribution >= 0.6 is 0 Å². The maximum atomic E-state index is 12.5. The monoisotopic (exact) mass is 263 g/mol. The van der Waals surface area contributed by atoms with E-state index >= 15 is 0 Å². The number of nitrogens with one attached hydrogen (secondary N) is 1. The van der Waals surface area contributed by atoms with Gasteiger partial charge in [0.25, 0.3) is 0 Å². The largest absolute Gasteiger partial charge is 0.433 e. The molecule has 0 aliphatic rings. The highest BCUT2D eigenvalue weighted by atomic mass is 19.4. The van der Waals surface area contributed by atoms with E-state index in [1.807, 2.05) is 6.92 Å². The fourth-order valence-electron chi connectivity index (χ4n) is 1.44. The molecule has 2 N–H and O–H groups in total. The summed E-state index contributed by atoms with van der Waals surface area (Å²) in [7, 11) is 0. The molecule has 0 aliphatic carbocycles. The Morgan fingerprint density at radius 1 is 1.39 bits per heavy atom. The molecular formula is C11H16F3N3O. The number of aromatic nitrogens is 2. The highest BCUT2D eigenvalue weighted by Crippen LogP contribution is 2.28. The Hall–Kier alpha value is -1.37. The summed E-state index contributed by atoms with van der Waals surface area (Å²) in [5.74, 6) is -0.113. The average Bonchev–Trinajstić information content (AvgIpc) is 2.25. The number of aliphatic hydroxyl groups excluding tert-OH is 1. The van der Waals surface area contributed by atoms with Crippen LogP contribution in [-0.2, 0) is 6.18 Å². The number of aryl methyl sites for hydroxylation is 1. The molecule has 0 bridgehead atoms. The molecule has 0 saturated carbocycles. The number of rotatable bonds is 5. The molecule has 0 radical (unpaired) electrons. The zero-order valence-electron chi connectivity index (χ0n) is 10.3. The van der Waals surface area contributed by atoms with E-state index < -0.39 is 18.0 Å². The van der Waals surface area contributed by atoms with Gasteiger partial charge in [0.2, 0.25) is 5.95 Å². The van der Waals surface area contributed by atoms with Gasteiger partial charge in [0.1, 0.15) is 5.69 Å². The molecule has 7 heteroatoms. The molecule has 18 heavy (non-hydrogen) atoms. The lowest BCUT2D eigenvalue weighted by Crippen LogP contribution is -2.21. The summed E-state index contributed by atoms with van der Waals surface area (Å²) < 4.78 is 37.5. The van der Waals surface area contributed by atoms with E-state index in [9.17, 15) is 18.3 Å². The molecule has 1 rings (SSSR count). The van der Waals surface area contributed by atoms with Gasteiger partial charge in [0.05, 0.1) is 6.10 Å². The maximum Gasteiger partial charge on any atom is 0.433 e. The summed E-state index contributed by atoms with van der Waals surface area (Å²) in [5, 5.41) is 12.1. The quantitative estimate of drug-likeness (QED) is 0.856. The number of aliphatic hydroxyl groups is 1. The molecule has 0 aliphatic heterocycles. The lowest BCUT2D eigenvalue weighted by Gasteiger charge is -2.12. The van der Waals surface area contributed by atoms with Crippen LogP contribution in [0.25, 0.3) is 0 Å². The molecule has 102 valence electrons. The molecule has 0 fully saturated rings. The first-order valence-electron chi connectivity index (χ1n) is 5.67. The van der Waals surface area contributed by atoms with E-state index in [4.69, 9.17) is 0 Å². The summed E-state index contributed by atoms with van der Waals surface area (Å²) in [6.07, 6.45) is -3.74. The first-order chi connectivity index (χ1) is 8.32. The van der Waals surface area contributed by atoms with E-state index in [2.05, 4.69) is 15.3 Å². The van der Waals surface area contributed by atoms with Crippen molar-refractivity contribution in [3.63, 3.8) is 0 Å². The van der Waals surface area contributed by atoms with Crippen molar-refractivity contribution >= 4 is 5.95 Å². The lowest BCUT2D eigenvalue weighted by molar-refractivity contribution is -0.141. The summed E-state index contributed by atoms with van der Waals surface area (Å²) >= 11 is 0. The number of hydrogen-bond donors (Lipinski definition) is 2. The second kappa shape index (κ2) is 5.99. The zero-order chi connectivity index (χ0) is 13.8. The fourth-order valence-corrected chi connectivity index (χ4v) is 1.44. The molecule has 0 spiro atoms. The minimum absolute atomic E-state index is 0.113. The van der Waals surface area contributed by atoms with Crippen LogP contribution in [0.15, 0.2) is 6.07 Å². The standard InChI is InChI=1S/C11H16F3N3O/c1-3-4-8(18)6-15-10-16-7(2)5-9(17-10)11(12,13)14/h5,8,18H,3-4,6H2,1-2H3,(H,15,16,17). The summed E-state index contributed by atoms with van der Waals surface area (Å²) in [6, 6.07) is 0.883. The summed E-state index contributed by atoms with van der Waals surface area (Å²) in [5.41, 5.74) is -0.757. The summed E-state index contributed by atoms with van der Waals surface area (Å²) in [6.45, 7) is 3.51. The van der Waals surface area contributed by atoms with Gasteiger partial charge in [-0.2, -0.15) is 13.2 Å². The van der Waals surface area contributed by atoms with Gasteiger partial charge in [-0.05, 0) is 19.4 Å². The predicted molar refractivity (Wildman–Crippen MR) is 61.2 cm³/mol. The molecule has 4 nitrogen and oxygen atoms in total. The van der Waals surface area contributed by atoms with E-state index in [1.165, 1.54) is 6.92 Å². The van der Waals surface area contributed by atoms with Crippen LogP contribution < -0.4 is 5.32 Å². The number of hydrogen-bond acceptors (Lipinski definition) is 4. The fraction of sp³-hybridized carbons (Fsp3) is 0.636. The normalized spacial score (nSPS) is 13.4. The molecule has 1 aromatic rings. The topological polar surface area (TPSA) is 58.0 Å². The van der Waals surface area contributed by atoms with Gasteiger partial charge >= 0.3 is 6.18 Å². The molecule has 1 heterocycles. The minimum Gasteiger partial charge on any atom is -0.391 e. The van der Waals surface area contributed by atoms with Crippen molar-refractivity contribution in [3.05, 3.63) is 17.5 Å². The van der Waals surface area contributed by atoms with Gasteiger partial charge in [-0.3, -0.25) is 0 Å². The lowest BCUT2D eigenvalue weighted by atomic mass is 10.2. The first kappa shape index (κ1) is 14.7. The van der Waals surface area contributed by atoms with Crippen molar-refractivity contribution in [2.45, 2.75) is 39.0 Å². The molecule has 0 saturated heterocycles. The molecular weight excluding hydrogens is 247 g/mol. The van der Waals surface area contributed by atoms with Crippen molar-refractivity contribution < 1.29 is 18.3 Å². The van der Waals surface area contributed by atoms with Crippen LogP contribution in [0, 0.1) is 6.92 Å². The Balaban J connectivity index is 2.75. The average molecular weight is 263 g/mol. The van der Waals surface area contributed by atoms with Crippen LogP contribution in [-0.4, -0.2) is 27.7 Å². The van der Waals surface area contributed by atoms with Crippen LogP contribution in [0.2, 0.25) is 0 Å². The van der Waals surface area contributed by atoms with Crippen molar-refractivity contribution in [1.29, 1.82) is 0 Å². The van der Waals surface area contributed by atoms with Crippen molar-refractivity contribution in [2.75, 3.05) is 11.9 Å². The number of alkyl halides is 3. The molecule has 1 unspecified atom stereocenters. The third-order valence-electron chi connectivity index (χ3n) is 2.26. The summed E-state index contributed by atoms with van der Waals surface area (Å²) in [4.78, 5) is 7.22. The maximum absolute atomic E-state index is 12.5. The molecule has 0 aromatic carbocycles. The Labute approximate surface area is 103 Å². The smallest absolute Gasteiger partial charge is 0.391 e. The molecule has 1 atom stereocenters. The Morgan fingerprint density at radius 3 is 2.61 bits per heavy atom. The SMILES string of the molecule is CCCC(O)CNc1nc(C)cc(C(F)(F)F)n1. The second-order valence-electron chi connectivity index (χ2n) is 4.04. The number of anilines is 1. The van der Waals surface area contributed by atoms with Gasteiger partial charge in [-0.25, -0.2) is 9.97 Å². The predicted octanol–water partition coefficient (Wildman–Crippen LogP) is 2.38. The van der Waals surface area contributed by atoms with Gasteiger partial charge in [0.15, 0.2) is 0 Å². The van der Waals surface area contributed by atoms with E-state index in [-0.39, 0.29) is 18.2 Å². The molecule has 1 aromatic heterocycles. The minimum atomic E-state index is -4.49. The molecule has 0 amide bonds. The van der Waals surface area contributed by atoms with Crippen molar-refractivity contribution in [1.82, 2.24) is 9.97 Å². The first-order valence-corrected chi connectivity index (χ1v) is 5.67. The Bertz CT molecular complexity index is 396. The van der Waals surface area contributed by atoms with Crippen molar-refractivity contribution in [3.8, 4) is 0 Å². The Kier molecular flexibility index (Phi) is 4.89. The van der Waals surface area contributed by atoms with Crippen LogP contribution in [0.3, 0.4) is 0 Å². The Morgan fingerprint density at radius 2 is 2.06 bits per heavy atom. The second-order valence-corrected chi connectivity index (χ2v) is 4.04. The third-order valence-corrected chi connectivity index (χ3v) is 2.26. The highest BCUT2D eigenvalue weighted by molar-refractivity contribution is 5.29. The van der Waals surface area contributed by atoms with E-state index in [0.29, 0.717) is 6.42 Å². The van der Waals surface area contributed by atoms with Crippen LogP contribution in [0.4, 0.5) is 19.1 Å². The third kappa shape index (κ3) is 4.48. The van der Waals surface area contributed by atoms with Gasteiger partial charge < -0.3 is 10.4 Å². The number of halogens is 3. The van der Waals surface area contributed by atoms with Crippen LogP contribution in [0.5, 0.6) is 0 Å². The van der Waals surface area contributed by atoms with E-state index in [1.54, 1.807) is 0 Å². The van der Waals surface area contributed by atoms with Gasteiger partial charge in [0, 0.05) is 12.2 Å². The van der Waals surface area contributed by atoms with Crippen LogP contribution in [0.1, 0.15) is 31.2 Å². The van der Waals surface area contributed by atoms with E-state index in [0.717, 1.165) is 12.5 Å². The number of nitrogens with zero attached hydrogens (tertiary/aromatic N) is 2. The van der Waals surface area contributed by atoms with Crippen molar-refractivity contribution in [2.24, 2.45) is 0 Å². The van der Waals surface area contributed by atoms with Gasteiger partial charge in [-0.1, -0.05) is 13.3 Å².